The van der Waals surface area contributed by atoms with E-state index in [0.29, 0.717) is 38.5 Å². The van der Waals surface area contributed by atoms with Gasteiger partial charge in [-0.25, -0.2) is 9.59 Å². The van der Waals surface area contributed by atoms with Crippen molar-refractivity contribution in [3.05, 3.63) is 17.5 Å². The van der Waals surface area contributed by atoms with Crippen LogP contribution in [-0.2, 0) is 9.47 Å². The predicted molar refractivity (Wildman–Crippen MR) is 76.8 cm³/mol. The van der Waals surface area contributed by atoms with Gasteiger partial charge < -0.3 is 30.2 Å². The topological polar surface area (TPSA) is 113 Å². The van der Waals surface area contributed by atoms with Crippen molar-refractivity contribution in [2.24, 2.45) is 0 Å². The number of aromatic carboxylic acids is 1. The number of carbonyl (C=O) groups excluding carboxylic acids is 1. The van der Waals surface area contributed by atoms with Crippen molar-refractivity contribution in [3.63, 3.8) is 0 Å². The standard InChI is InChI=1S/C13H21N3O5/c1-9-8-10(11(15-9)12(17)18)16-13(19)14-4-3-5-21-7-6-20-2/h8,15H,3-7H2,1-2H3,(H,17,18)(H2,14,16,19). The first-order chi connectivity index (χ1) is 10.0. The Bertz CT molecular complexity index is 472. The van der Waals surface area contributed by atoms with Crippen molar-refractivity contribution in [2.75, 3.05) is 38.8 Å². The van der Waals surface area contributed by atoms with E-state index in [1.54, 1.807) is 20.1 Å². The number of amides is 2. The molecule has 0 fully saturated rings. The summed E-state index contributed by atoms with van der Waals surface area (Å²) in [6.45, 7) is 3.73. The summed E-state index contributed by atoms with van der Waals surface area (Å²) in [5.74, 6) is -1.12. The summed E-state index contributed by atoms with van der Waals surface area (Å²) in [5, 5.41) is 14.1. The third-order valence-corrected chi connectivity index (χ3v) is 2.60. The first kappa shape index (κ1) is 17.0. The molecule has 0 spiro atoms. The van der Waals surface area contributed by atoms with Gasteiger partial charge in [0.05, 0.1) is 18.9 Å². The zero-order valence-electron chi connectivity index (χ0n) is 12.2. The van der Waals surface area contributed by atoms with Crippen LogP contribution in [0, 0.1) is 6.92 Å². The first-order valence-electron chi connectivity index (χ1n) is 6.59. The molecular weight excluding hydrogens is 278 g/mol. The van der Waals surface area contributed by atoms with Gasteiger partial charge in [-0.3, -0.25) is 0 Å². The van der Waals surface area contributed by atoms with E-state index in [2.05, 4.69) is 15.6 Å². The molecule has 118 valence electrons. The van der Waals surface area contributed by atoms with Crippen molar-refractivity contribution >= 4 is 17.7 Å². The SMILES string of the molecule is COCCOCCCNC(=O)Nc1cc(C)[nH]c1C(=O)O. The third-order valence-electron chi connectivity index (χ3n) is 2.60. The Balaban J connectivity index is 2.26. The number of anilines is 1. The molecule has 0 aliphatic carbocycles. The van der Waals surface area contributed by atoms with Crippen LogP contribution < -0.4 is 10.6 Å². The van der Waals surface area contributed by atoms with Gasteiger partial charge in [0.2, 0.25) is 0 Å². The Kier molecular flexibility index (Phi) is 7.27. The number of hydrogen-bond donors (Lipinski definition) is 4. The van der Waals surface area contributed by atoms with Gasteiger partial charge in [-0.05, 0) is 19.4 Å². The van der Waals surface area contributed by atoms with Crippen molar-refractivity contribution in [3.8, 4) is 0 Å². The number of carboxylic acids is 1. The fourth-order valence-corrected chi connectivity index (χ4v) is 1.64. The van der Waals surface area contributed by atoms with Crippen LogP contribution in [0.15, 0.2) is 6.07 Å². The highest BCUT2D eigenvalue weighted by atomic mass is 16.5. The maximum Gasteiger partial charge on any atom is 0.354 e. The van der Waals surface area contributed by atoms with E-state index >= 15 is 0 Å². The Morgan fingerprint density at radius 3 is 2.76 bits per heavy atom. The highest BCUT2D eigenvalue weighted by Gasteiger charge is 2.14. The monoisotopic (exact) mass is 299 g/mol. The summed E-state index contributed by atoms with van der Waals surface area (Å²) in [6, 6.07) is 1.12. The Labute approximate surface area is 122 Å². The molecule has 1 aromatic rings. The molecule has 0 bridgehead atoms. The minimum Gasteiger partial charge on any atom is -0.477 e. The van der Waals surface area contributed by atoms with Crippen LogP contribution in [0.1, 0.15) is 22.6 Å². The van der Waals surface area contributed by atoms with Crippen LogP contribution in [0.25, 0.3) is 0 Å². The number of H-pyrrole nitrogens is 1. The fourth-order valence-electron chi connectivity index (χ4n) is 1.64. The molecule has 0 aliphatic rings. The minimum absolute atomic E-state index is 0.0365. The Hall–Kier alpha value is -2.06. The van der Waals surface area contributed by atoms with Crippen molar-refractivity contribution in [1.82, 2.24) is 10.3 Å². The van der Waals surface area contributed by atoms with E-state index in [1.807, 2.05) is 0 Å². The van der Waals surface area contributed by atoms with Gasteiger partial charge in [-0.15, -0.1) is 0 Å². The molecule has 0 saturated carbocycles. The zero-order chi connectivity index (χ0) is 15.7. The Morgan fingerprint density at radius 2 is 2.10 bits per heavy atom. The number of methoxy groups -OCH3 is 1. The van der Waals surface area contributed by atoms with E-state index in [1.165, 1.54) is 0 Å². The molecule has 0 aromatic carbocycles. The predicted octanol–water partition coefficient (Wildman–Crippen LogP) is 1.20. The summed E-state index contributed by atoms with van der Waals surface area (Å²) in [5.41, 5.74) is 0.869. The number of aryl methyl sites for hydroxylation is 1. The van der Waals surface area contributed by atoms with Gasteiger partial charge in [0.1, 0.15) is 5.69 Å². The average Bonchev–Trinajstić information content (AvgIpc) is 2.78. The molecule has 4 N–H and O–H groups in total. The normalized spacial score (nSPS) is 10.4. The maximum absolute atomic E-state index is 11.6. The number of rotatable bonds is 9. The number of carbonyl (C=O) groups is 2. The van der Waals surface area contributed by atoms with Crippen molar-refractivity contribution in [2.45, 2.75) is 13.3 Å². The van der Waals surface area contributed by atoms with Crippen molar-refractivity contribution < 1.29 is 24.2 Å². The first-order valence-corrected chi connectivity index (χ1v) is 6.59. The fraction of sp³-hybridized carbons (Fsp3) is 0.538. The van der Waals surface area contributed by atoms with Crippen LogP contribution in [0.4, 0.5) is 10.5 Å². The molecule has 21 heavy (non-hydrogen) atoms. The summed E-state index contributed by atoms with van der Waals surface area (Å²) in [4.78, 5) is 25.3. The number of nitrogens with one attached hydrogen (secondary N) is 3. The number of urea groups is 1. The van der Waals surface area contributed by atoms with Gasteiger partial charge in [-0.1, -0.05) is 0 Å². The third kappa shape index (κ3) is 6.28. The van der Waals surface area contributed by atoms with Gasteiger partial charge in [-0.2, -0.15) is 0 Å². The molecule has 8 heteroatoms. The molecule has 0 atom stereocenters. The summed E-state index contributed by atoms with van der Waals surface area (Å²) >= 11 is 0. The number of aromatic nitrogens is 1. The van der Waals surface area contributed by atoms with E-state index < -0.39 is 12.0 Å². The Morgan fingerprint density at radius 1 is 1.33 bits per heavy atom. The van der Waals surface area contributed by atoms with E-state index in [0.717, 1.165) is 0 Å². The van der Waals surface area contributed by atoms with Crippen LogP contribution in [0.2, 0.25) is 0 Å². The minimum atomic E-state index is -1.12. The highest BCUT2D eigenvalue weighted by Crippen LogP contribution is 2.16. The smallest absolute Gasteiger partial charge is 0.354 e. The molecule has 0 saturated heterocycles. The molecule has 0 radical (unpaired) electrons. The molecule has 1 rings (SSSR count). The average molecular weight is 299 g/mol. The number of hydrogen-bond acceptors (Lipinski definition) is 4. The maximum atomic E-state index is 11.6. The van der Waals surface area contributed by atoms with Crippen LogP contribution in [-0.4, -0.2) is 55.6 Å². The second kappa shape index (κ2) is 8.98. The zero-order valence-corrected chi connectivity index (χ0v) is 12.2. The molecule has 2 amide bonds. The molecule has 1 aromatic heterocycles. The number of ether oxygens (including phenoxy) is 2. The highest BCUT2D eigenvalue weighted by molar-refractivity contribution is 5.99. The molecule has 0 aliphatic heterocycles. The lowest BCUT2D eigenvalue weighted by molar-refractivity contribution is 0.0692. The van der Waals surface area contributed by atoms with Gasteiger partial charge in [0, 0.05) is 26.0 Å². The summed E-state index contributed by atoms with van der Waals surface area (Å²) in [7, 11) is 1.60. The van der Waals surface area contributed by atoms with Crippen molar-refractivity contribution in [1.29, 1.82) is 0 Å². The lowest BCUT2D eigenvalue weighted by Gasteiger charge is -2.07. The summed E-state index contributed by atoms with van der Waals surface area (Å²) < 4.78 is 10.1. The van der Waals surface area contributed by atoms with Gasteiger partial charge in [0.25, 0.3) is 0 Å². The van der Waals surface area contributed by atoms with E-state index in [-0.39, 0.29) is 11.4 Å². The molecular formula is C13H21N3O5. The molecule has 0 unspecified atom stereocenters. The van der Waals surface area contributed by atoms with Crippen LogP contribution in [0.5, 0.6) is 0 Å². The van der Waals surface area contributed by atoms with Gasteiger partial charge in [0.15, 0.2) is 0 Å². The van der Waals surface area contributed by atoms with Gasteiger partial charge >= 0.3 is 12.0 Å². The second-order valence-electron chi connectivity index (χ2n) is 4.39. The lowest BCUT2D eigenvalue weighted by atomic mass is 10.3. The number of aromatic amines is 1. The van der Waals surface area contributed by atoms with E-state index in [9.17, 15) is 9.59 Å². The summed E-state index contributed by atoms with van der Waals surface area (Å²) in [6.07, 6.45) is 0.662. The molecule has 1 heterocycles. The van der Waals surface area contributed by atoms with E-state index in [4.69, 9.17) is 14.6 Å². The van der Waals surface area contributed by atoms with Crippen LogP contribution >= 0.6 is 0 Å². The molecule has 8 nitrogen and oxygen atoms in total. The quantitative estimate of drug-likeness (QED) is 0.512. The number of carboxylic acid groups (broad SMARTS) is 1. The lowest BCUT2D eigenvalue weighted by Crippen LogP contribution is -2.30. The largest absolute Gasteiger partial charge is 0.477 e. The van der Waals surface area contributed by atoms with Crippen LogP contribution in [0.3, 0.4) is 0 Å². The second-order valence-corrected chi connectivity index (χ2v) is 4.39.